The summed E-state index contributed by atoms with van der Waals surface area (Å²) in [5, 5.41) is 6.62. The molecule has 0 aliphatic carbocycles. The van der Waals surface area contributed by atoms with E-state index in [4.69, 9.17) is 4.74 Å². The van der Waals surface area contributed by atoms with Crippen molar-refractivity contribution in [1.29, 1.82) is 0 Å². The monoisotopic (exact) mass is 421 g/mol. The van der Waals surface area contributed by atoms with Gasteiger partial charge in [-0.3, -0.25) is 9.59 Å². The molecule has 0 spiro atoms. The highest BCUT2D eigenvalue weighted by atomic mass is 32.1. The second-order valence-electron chi connectivity index (χ2n) is 5.78. The first-order valence-electron chi connectivity index (χ1n) is 8.19. The van der Waals surface area contributed by atoms with Crippen molar-refractivity contribution in [3.05, 3.63) is 64.8 Å². The number of ether oxygens (including phenoxy) is 1. The molecule has 2 aromatic carbocycles. The third kappa shape index (κ3) is 5.11. The minimum Gasteiger partial charge on any atom is -0.494 e. The van der Waals surface area contributed by atoms with Gasteiger partial charge in [0.25, 0.3) is 5.91 Å². The number of hydrogen-bond donors (Lipinski definition) is 2. The molecular weight excluding hydrogens is 407 g/mol. The van der Waals surface area contributed by atoms with Crippen molar-refractivity contribution in [2.45, 2.75) is 0 Å². The number of carbonyl (C=O) groups is 2. The van der Waals surface area contributed by atoms with Crippen LogP contribution in [0.2, 0.25) is 0 Å². The molecule has 2 amide bonds. The Bertz CT molecular complexity index is 1050. The highest BCUT2D eigenvalue weighted by Crippen LogP contribution is 2.28. The van der Waals surface area contributed by atoms with Gasteiger partial charge in [0.15, 0.2) is 16.7 Å². The highest BCUT2D eigenvalue weighted by Gasteiger charge is 2.13. The summed E-state index contributed by atoms with van der Waals surface area (Å²) in [4.78, 5) is 28.1. The van der Waals surface area contributed by atoms with Crippen LogP contribution >= 0.6 is 11.3 Å². The normalized spacial score (nSPS) is 10.5. The van der Waals surface area contributed by atoms with Gasteiger partial charge in [-0.1, -0.05) is 0 Å². The van der Waals surface area contributed by atoms with E-state index in [1.165, 1.54) is 19.2 Å². The minimum atomic E-state index is -0.898. The van der Waals surface area contributed by atoms with Gasteiger partial charge >= 0.3 is 0 Å². The molecule has 10 heteroatoms. The fraction of sp³-hybridized carbons (Fsp3) is 0.105. The number of halogens is 3. The summed E-state index contributed by atoms with van der Waals surface area (Å²) < 4.78 is 45.0. The lowest BCUT2D eigenvalue weighted by Gasteiger charge is -2.06. The van der Waals surface area contributed by atoms with E-state index < -0.39 is 35.8 Å². The zero-order chi connectivity index (χ0) is 21.0. The van der Waals surface area contributed by atoms with Crippen LogP contribution in [0.3, 0.4) is 0 Å². The fourth-order valence-electron chi connectivity index (χ4n) is 2.40. The number of nitrogens with one attached hydrogen (secondary N) is 2. The summed E-state index contributed by atoms with van der Waals surface area (Å²) in [6.07, 6.45) is 0. The predicted molar refractivity (Wildman–Crippen MR) is 101 cm³/mol. The zero-order valence-electron chi connectivity index (χ0n) is 15.0. The van der Waals surface area contributed by atoms with Gasteiger partial charge in [-0.05, 0) is 30.3 Å². The SMILES string of the molecule is COc1ccc(-c2csc(NC(=O)CNC(=O)c3cc(F)cc(F)c3)n2)cc1F. The van der Waals surface area contributed by atoms with Crippen molar-refractivity contribution >= 4 is 28.3 Å². The first kappa shape index (κ1) is 20.3. The van der Waals surface area contributed by atoms with Gasteiger partial charge in [-0.2, -0.15) is 0 Å². The first-order chi connectivity index (χ1) is 13.9. The summed E-state index contributed by atoms with van der Waals surface area (Å²) in [5.41, 5.74) is 0.709. The minimum absolute atomic E-state index is 0.103. The molecule has 6 nitrogen and oxygen atoms in total. The fourth-order valence-corrected chi connectivity index (χ4v) is 3.14. The zero-order valence-corrected chi connectivity index (χ0v) is 15.8. The molecule has 0 saturated carbocycles. The van der Waals surface area contributed by atoms with Gasteiger partial charge in [-0.15, -0.1) is 11.3 Å². The van der Waals surface area contributed by atoms with E-state index in [1.54, 1.807) is 11.4 Å². The molecule has 0 radical (unpaired) electrons. The number of methoxy groups -OCH3 is 1. The van der Waals surface area contributed by atoms with E-state index in [0.717, 1.165) is 23.5 Å². The van der Waals surface area contributed by atoms with Gasteiger partial charge in [0.1, 0.15) is 11.6 Å². The standard InChI is InChI=1S/C19H14F3N3O3S/c1-28-16-3-2-10(6-14(16)22)15-9-29-19(24-15)25-17(26)8-23-18(27)11-4-12(20)7-13(21)5-11/h2-7,9H,8H2,1H3,(H,23,27)(H,24,25,26). The Morgan fingerprint density at radius 3 is 2.48 bits per heavy atom. The summed E-state index contributed by atoms with van der Waals surface area (Å²) >= 11 is 1.11. The average molecular weight is 421 g/mol. The largest absolute Gasteiger partial charge is 0.494 e. The number of rotatable bonds is 6. The van der Waals surface area contributed by atoms with Crippen molar-refractivity contribution in [3.63, 3.8) is 0 Å². The number of thiazole rings is 1. The average Bonchev–Trinajstić information content (AvgIpc) is 3.13. The number of amides is 2. The molecule has 0 aliphatic rings. The maximum atomic E-state index is 13.8. The first-order valence-corrected chi connectivity index (χ1v) is 9.07. The van der Waals surface area contributed by atoms with E-state index >= 15 is 0 Å². The maximum Gasteiger partial charge on any atom is 0.251 e. The Morgan fingerprint density at radius 2 is 1.83 bits per heavy atom. The maximum absolute atomic E-state index is 13.8. The van der Waals surface area contributed by atoms with Gasteiger partial charge in [0.2, 0.25) is 5.91 Å². The van der Waals surface area contributed by atoms with Crippen LogP contribution < -0.4 is 15.4 Å². The molecule has 150 valence electrons. The third-order valence-electron chi connectivity index (χ3n) is 3.73. The summed E-state index contributed by atoms with van der Waals surface area (Å²) in [6.45, 7) is -0.428. The van der Waals surface area contributed by atoms with Gasteiger partial charge < -0.3 is 15.4 Å². The molecule has 1 heterocycles. The number of aromatic nitrogens is 1. The smallest absolute Gasteiger partial charge is 0.251 e. The summed E-state index contributed by atoms with van der Waals surface area (Å²) in [7, 11) is 1.36. The molecule has 0 unspecified atom stereocenters. The second kappa shape index (κ2) is 8.74. The van der Waals surface area contributed by atoms with Gasteiger partial charge in [0, 0.05) is 22.6 Å². The van der Waals surface area contributed by atoms with Crippen LogP contribution in [0.4, 0.5) is 18.3 Å². The third-order valence-corrected chi connectivity index (χ3v) is 4.49. The van der Waals surface area contributed by atoms with Gasteiger partial charge in [0.05, 0.1) is 19.3 Å². The Morgan fingerprint density at radius 1 is 1.10 bits per heavy atom. The molecule has 0 atom stereocenters. The molecule has 0 fully saturated rings. The molecule has 1 aromatic heterocycles. The van der Waals surface area contributed by atoms with Crippen molar-refractivity contribution in [2.24, 2.45) is 0 Å². The predicted octanol–water partition coefficient (Wildman–Crippen LogP) is 3.60. The van der Waals surface area contributed by atoms with E-state index in [-0.39, 0.29) is 16.4 Å². The number of benzene rings is 2. The van der Waals surface area contributed by atoms with Crippen molar-refractivity contribution < 1.29 is 27.5 Å². The number of nitrogens with zero attached hydrogens (tertiary/aromatic N) is 1. The van der Waals surface area contributed by atoms with Crippen LogP contribution in [-0.2, 0) is 4.79 Å². The summed E-state index contributed by atoms with van der Waals surface area (Å²) in [6, 6.07) is 6.71. The van der Waals surface area contributed by atoms with Crippen LogP contribution in [-0.4, -0.2) is 30.5 Å². The summed E-state index contributed by atoms with van der Waals surface area (Å²) in [5.74, 6) is -3.62. The van der Waals surface area contributed by atoms with Crippen LogP contribution in [0.5, 0.6) is 5.75 Å². The van der Waals surface area contributed by atoms with E-state index in [0.29, 0.717) is 17.3 Å². The second-order valence-corrected chi connectivity index (χ2v) is 6.63. The molecule has 2 N–H and O–H groups in total. The van der Waals surface area contributed by atoms with Crippen molar-refractivity contribution in [3.8, 4) is 17.0 Å². The van der Waals surface area contributed by atoms with Crippen molar-refractivity contribution in [2.75, 3.05) is 19.0 Å². The number of hydrogen-bond acceptors (Lipinski definition) is 5. The highest BCUT2D eigenvalue weighted by molar-refractivity contribution is 7.14. The van der Waals surface area contributed by atoms with Crippen LogP contribution in [0, 0.1) is 17.5 Å². The molecule has 0 saturated heterocycles. The molecular formula is C19H14F3N3O3S. The number of anilines is 1. The number of carbonyl (C=O) groups excluding carboxylic acids is 2. The quantitative estimate of drug-likeness (QED) is 0.637. The molecule has 0 bridgehead atoms. The van der Waals surface area contributed by atoms with E-state index in [9.17, 15) is 22.8 Å². The molecule has 3 aromatic rings. The molecule has 3 rings (SSSR count). The van der Waals surface area contributed by atoms with Crippen molar-refractivity contribution in [1.82, 2.24) is 10.3 Å². The molecule has 29 heavy (non-hydrogen) atoms. The van der Waals surface area contributed by atoms with Crippen LogP contribution in [0.15, 0.2) is 41.8 Å². The Labute approximate surface area is 167 Å². The van der Waals surface area contributed by atoms with E-state index in [1.807, 2.05) is 0 Å². The lowest BCUT2D eigenvalue weighted by molar-refractivity contribution is -0.115. The topological polar surface area (TPSA) is 80.3 Å². The lowest BCUT2D eigenvalue weighted by atomic mass is 10.1. The van der Waals surface area contributed by atoms with Crippen LogP contribution in [0.1, 0.15) is 10.4 Å². The molecule has 0 aliphatic heterocycles. The Hall–Kier alpha value is -3.40. The lowest BCUT2D eigenvalue weighted by Crippen LogP contribution is -2.32. The van der Waals surface area contributed by atoms with Crippen LogP contribution in [0.25, 0.3) is 11.3 Å². The van der Waals surface area contributed by atoms with Gasteiger partial charge in [-0.25, -0.2) is 18.2 Å². The van der Waals surface area contributed by atoms with E-state index in [2.05, 4.69) is 15.6 Å². The Kier molecular flexibility index (Phi) is 6.13. The Balaban J connectivity index is 1.59.